The first-order valence-corrected chi connectivity index (χ1v) is 13.2. The molecule has 0 aliphatic heterocycles. The molecule has 0 aliphatic rings. The van der Waals surface area contributed by atoms with Gasteiger partial charge in [-0.15, -0.1) is 0 Å². The Bertz CT molecular complexity index is 1720. The Kier molecular flexibility index (Phi) is 6.73. The van der Waals surface area contributed by atoms with Crippen molar-refractivity contribution in [2.75, 3.05) is 27.2 Å². The molecule has 0 unspecified atom stereocenters. The van der Waals surface area contributed by atoms with Gasteiger partial charge in [0.2, 0.25) is 0 Å². The Morgan fingerprint density at radius 1 is 0.667 bits per heavy atom. The van der Waals surface area contributed by atoms with Gasteiger partial charge in [0.1, 0.15) is 23.1 Å². The van der Waals surface area contributed by atoms with E-state index >= 15 is 0 Å². The number of fused-ring (bicyclic) bond motifs is 2. The lowest BCUT2D eigenvalue weighted by Gasteiger charge is -2.10. The highest BCUT2D eigenvalue weighted by atomic mass is 16.5. The minimum Gasteiger partial charge on any atom is -0.508 e. The summed E-state index contributed by atoms with van der Waals surface area (Å²) in [5.74, 6) is 2.72. The summed E-state index contributed by atoms with van der Waals surface area (Å²) in [6, 6.07) is 27.6. The molecular weight excluding hydrogens is 486 g/mol. The second-order valence-corrected chi connectivity index (χ2v) is 10.1. The Labute approximate surface area is 227 Å². The maximum absolute atomic E-state index is 9.57. The van der Waals surface area contributed by atoms with Crippen LogP contribution in [0.2, 0.25) is 0 Å². The summed E-state index contributed by atoms with van der Waals surface area (Å²) in [7, 11) is 4.18. The van der Waals surface area contributed by atoms with Crippen LogP contribution in [0.3, 0.4) is 0 Å². The first-order valence-electron chi connectivity index (χ1n) is 13.2. The van der Waals surface area contributed by atoms with Gasteiger partial charge < -0.3 is 24.7 Å². The molecule has 39 heavy (non-hydrogen) atoms. The van der Waals surface area contributed by atoms with Crippen LogP contribution in [0.15, 0.2) is 84.9 Å². The molecule has 3 N–H and O–H groups in total. The molecule has 6 rings (SSSR count). The van der Waals surface area contributed by atoms with Crippen molar-refractivity contribution in [2.24, 2.45) is 0 Å². The highest BCUT2D eigenvalue weighted by molar-refractivity contribution is 5.88. The van der Waals surface area contributed by atoms with Crippen molar-refractivity contribution < 1.29 is 9.84 Å². The highest BCUT2D eigenvalue weighted by Gasteiger charge is 2.10. The number of phenolic OH excluding ortho intramolecular Hbond substituents is 1. The summed E-state index contributed by atoms with van der Waals surface area (Å²) in [4.78, 5) is 18.6. The molecule has 0 amide bonds. The van der Waals surface area contributed by atoms with Crippen LogP contribution < -0.4 is 4.74 Å². The first kappa shape index (κ1) is 24.7. The van der Waals surface area contributed by atoms with Gasteiger partial charge in [-0.3, -0.25) is 0 Å². The van der Waals surface area contributed by atoms with Gasteiger partial charge in [0.05, 0.1) is 28.7 Å². The lowest BCUT2D eigenvalue weighted by atomic mass is 10.0. The Morgan fingerprint density at radius 2 is 1.18 bits per heavy atom. The number of phenols is 1. The fourth-order valence-electron chi connectivity index (χ4n) is 4.69. The third-order valence-corrected chi connectivity index (χ3v) is 6.84. The number of hydrogen-bond acceptors (Lipinski definition) is 5. The topological polar surface area (TPSA) is 90.1 Å². The molecule has 6 aromatic rings. The zero-order valence-corrected chi connectivity index (χ0v) is 22.1. The van der Waals surface area contributed by atoms with E-state index < -0.39 is 0 Å². The monoisotopic (exact) mass is 517 g/mol. The van der Waals surface area contributed by atoms with Crippen LogP contribution in [0.5, 0.6) is 11.5 Å². The van der Waals surface area contributed by atoms with Crippen molar-refractivity contribution in [1.29, 1.82) is 0 Å². The number of aromatic hydroxyl groups is 1. The molecule has 0 saturated carbocycles. The average Bonchev–Trinajstić information content (AvgIpc) is 3.57. The van der Waals surface area contributed by atoms with Crippen LogP contribution in [0.4, 0.5) is 0 Å². The second kappa shape index (κ2) is 10.6. The zero-order chi connectivity index (χ0) is 26.8. The molecule has 0 spiro atoms. The molecule has 196 valence electrons. The van der Waals surface area contributed by atoms with E-state index in [0.29, 0.717) is 0 Å². The average molecular weight is 518 g/mol. The summed E-state index contributed by atoms with van der Waals surface area (Å²) in [5, 5.41) is 9.57. The van der Waals surface area contributed by atoms with E-state index in [1.807, 2.05) is 42.5 Å². The summed E-state index contributed by atoms with van der Waals surface area (Å²) >= 11 is 0. The minimum absolute atomic E-state index is 0.238. The normalized spacial score (nSPS) is 11.6. The summed E-state index contributed by atoms with van der Waals surface area (Å²) < 4.78 is 5.90. The quantitative estimate of drug-likeness (QED) is 0.182. The standard InChI is InChI=1S/C32H31N5O2/c1-37(2)17-3-4-18-39-26-13-7-22(8-14-26)32-34-28-16-10-24(20-30(28)36-32)23-9-15-27-29(19-23)35-31(33-27)21-5-11-25(38)12-6-21/h5-16,19-20,38H,3-4,17-18H2,1-2H3,(H,33,35)(H,34,36). The van der Waals surface area contributed by atoms with Gasteiger partial charge in [0.25, 0.3) is 0 Å². The lowest BCUT2D eigenvalue weighted by Crippen LogP contribution is -2.13. The third kappa shape index (κ3) is 5.49. The van der Waals surface area contributed by atoms with Gasteiger partial charge in [0.15, 0.2) is 0 Å². The van der Waals surface area contributed by atoms with Crippen LogP contribution in [-0.2, 0) is 0 Å². The highest BCUT2D eigenvalue weighted by Crippen LogP contribution is 2.30. The molecule has 0 atom stereocenters. The molecule has 7 heteroatoms. The number of ether oxygens (including phenoxy) is 1. The van der Waals surface area contributed by atoms with Gasteiger partial charge in [-0.1, -0.05) is 12.1 Å². The number of benzene rings is 4. The number of aromatic amines is 2. The fourth-order valence-corrected chi connectivity index (χ4v) is 4.69. The van der Waals surface area contributed by atoms with Crippen molar-refractivity contribution >= 4 is 22.1 Å². The van der Waals surface area contributed by atoms with Crippen molar-refractivity contribution in [3.8, 4) is 45.4 Å². The smallest absolute Gasteiger partial charge is 0.138 e. The van der Waals surface area contributed by atoms with Gasteiger partial charge in [0, 0.05) is 11.1 Å². The van der Waals surface area contributed by atoms with E-state index in [0.717, 1.165) is 87.7 Å². The molecule has 4 aromatic carbocycles. The zero-order valence-electron chi connectivity index (χ0n) is 22.1. The van der Waals surface area contributed by atoms with Gasteiger partial charge in [-0.25, -0.2) is 9.97 Å². The predicted octanol–water partition coefficient (Wildman–Crippen LogP) is 6.87. The third-order valence-electron chi connectivity index (χ3n) is 6.84. The van der Waals surface area contributed by atoms with Crippen molar-refractivity contribution in [3.05, 3.63) is 84.9 Å². The summed E-state index contributed by atoms with van der Waals surface area (Å²) in [5.41, 5.74) is 7.85. The molecule has 7 nitrogen and oxygen atoms in total. The van der Waals surface area contributed by atoms with Crippen LogP contribution in [-0.4, -0.2) is 57.2 Å². The van der Waals surface area contributed by atoms with Crippen LogP contribution in [0.25, 0.3) is 56.0 Å². The van der Waals surface area contributed by atoms with Crippen molar-refractivity contribution in [1.82, 2.24) is 24.8 Å². The molecule has 0 radical (unpaired) electrons. The molecular formula is C32H31N5O2. The van der Waals surface area contributed by atoms with Gasteiger partial charge in [-0.2, -0.15) is 0 Å². The molecule has 0 fully saturated rings. The number of aromatic nitrogens is 4. The molecule has 0 saturated heterocycles. The van der Waals surface area contributed by atoms with Crippen LogP contribution in [0, 0.1) is 0 Å². The number of H-pyrrole nitrogens is 2. The second-order valence-electron chi connectivity index (χ2n) is 10.1. The number of hydrogen-bond donors (Lipinski definition) is 3. The summed E-state index contributed by atoms with van der Waals surface area (Å²) in [6.45, 7) is 1.80. The maximum Gasteiger partial charge on any atom is 0.138 e. The number of nitrogens with one attached hydrogen (secondary N) is 2. The van der Waals surface area contributed by atoms with Gasteiger partial charge >= 0.3 is 0 Å². The molecule has 0 aliphatic carbocycles. The van der Waals surface area contributed by atoms with Crippen LogP contribution >= 0.6 is 0 Å². The number of imidazole rings is 2. The maximum atomic E-state index is 9.57. The Hall–Kier alpha value is -4.62. The van der Waals surface area contributed by atoms with E-state index in [2.05, 4.69) is 59.3 Å². The van der Waals surface area contributed by atoms with Crippen molar-refractivity contribution in [3.63, 3.8) is 0 Å². The van der Waals surface area contributed by atoms with E-state index in [4.69, 9.17) is 14.7 Å². The predicted molar refractivity (Wildman–Crippen MR) is 157 cm³/mol. The Morgan fingerprint density at radius 3 is 1.72 bits per heavy atom. The summed E-state index contributed by atoms with van der Waals surface area (Å²) in [6.07, 6.45) is 2.17. The van der Waals surface area contributed by atoms with E-state index in [1.165, 1.54) is 0 Å². The number of rotatable bonds is 9. The fraction of sp³-hybridized carbons (Fsp3) is 0.188. The number of nitrogens with zero attached hydrogens (tertiary/aromatic N) is 3. The molecule has 0 bridgehead atoms. The minimum atomic E-state index is 0.238. The van der Waals surface area contributed by atoms with E-state index in [9.17, 15) is 5.11 Å². The first-order chi connectivity index (χ1) is 19.0. The lowest BCUT2D eigenvalue weighted by molar-refractivity contribution is 0.293. The number of unbranched alkanes of at least 4 members (excludes halogenated alkanes) is 1. The van der Waals surface area contributed by atoms with Crippen molar-refractivity contribution in [2.45, 2.75) is 12.8 Å². The SMILES string of the molecule is CN(C)CCCCOc1ccc(-c2nc3cc(-c4ccc5[nH]c(-c6ccc(O)cc6)nc5c4)ccc3[nH]2)cc1. The van der Waals surface area contributed by atoms with Crippen LogP contribution in [0.1, 0.15) is 12.8 Å². The molecule has 2 aromatic heterocycles. The van der Waals surface area contributed by atoms with Gasteiger partial charge in [-0.05, 0) is 117 Å². The largest absolute Gasteiger partial charge is 0.508 e. The molecule has 2 heterocycles. The Balaban J connectivity index is 1.18. The van der Waals surface area contributed by atoms with E-state index in [-0.39, 0.29) is 5.75 Å². The van der Waals surface area contributed by atoms with E-state index in [1.54, 1.807) is 12.1 Å².